The fourth-order valence-electron chi connectivity index (χ4n) is 1.52. The second-order valence-corrected chi connectivity index (χ2v) is 4.38. The van der Waals surface area contributed by atoms with Crippen molar-refractivity contribution in [1.82, 2.24) is 9.97 Å². The molecule has 1 heterocycles. The average molecular weight is 264 g/mol. The lowest BCUT2D eigenvalue weighted by molar-refractivity contribution is 0.317. The zero-order valence-corrected chi connectivity index (χ0v) is 10.8. The summed E-state index contributed by atoms with van der Waals surface area (Å²) in [5.74, 6) is 1.55. The van der Waals surface area contributed by atoms with Gasteiger partial charge in [0.2, 0.25) is 0 Å². The Morgan fingerprint density at radius 3 is 2.67 bits per heavy atom. The molecule has 94 valence electrons. The Balaban J connectivity index is 1.90. The molecule has 0 saturated carbocycles. The first kappa shape index (κ1) is 12.6. The van der Waals surface area contributed by atoms with Gasteiger partial charge in [0.25, 0.3) is 0 Å². The Labute approximate surface area is 111 Å². The Kier molecular flexibility index (Phi) is 3.99. The summed E-state index contributed by atoms with van der Waals surface area (Å²) < 4.78 is 5.66. The van der Waals surface area contributed by atoms with Crippen molar-refractivity contribution >= 4 is 17.3 Å². The average Bonchev–Trinajstić information content (AvgIpc) is 2.34. The van der Waals surface area contributed by atoms with Gasteiger partial charge in [-0.15, -0.1) is 0 Å². The van der Waals surface area contributed by atoms with E-state index in [1.54, 1.807) is 12.4 Å². The van der Waals surface area contributed by atoms with Crippen molar-refractivity contribution < 1.29 is 4.74 Å². The lowest BCUT2D eigenvalue weighted by Crippen LogP contribution is -2.06. The van der Waals surface area contributed by atoms with Gasteiger partial charge in [-0.25, -0.2) is 9.97 Å². The highest BCUT2D eigenvalue weighted by Crippen LogP contribution is 2.21. The molecule has 0 unspecified atom stereocenters. The maximum absolute atomic E-state index is 5.87. The predicted molar refractivity (Wildman–Crippen MR) is 71.8 cm³/mol. The van der Waals surface area contributed by atoms with Gasteiger partial charge in [-0.2, -0.15) is 0 Å². The fourth-order valence-corrected chi connectivity index (χ4v) is 1.75. The van der Waals surface area contributed by atoms with Crippen molar-refractivity contribution in [2.75, 3.05) is 12.3 Å². The van der Waals surface area contributed by atoms with Gasteiger partial charge >= 0.3 is 0 Å². The topological polar surface area (TPSA) is 61.0 Å². The van der Waals surface area contributed by atoms with Crippen LogP contribution in [0.15, 0.2) is 30.6 Å². The summed E-state index contributed by atoms with van der Waals surface area (Å²) in [4.78, 5) is 8.22. The molecule has 0 bridgehead atoms. The molecule has 0 saturated heterocycles. The van der Waals surface area contributed by atoms with Crippen molar-refractivity contribution in [3.05, 3.63) is 47.0 Å². The number of ether oxygens (including phenoxy) is 1. The van der Waals surface area contributed by atoms with Crippen molar-refractivity contribution in [1.29, 1.82) is 0 Å². The van der Waals surface area contributed by atoms with E-state index < -0.39 is 0 Å². The molecule has 0 radical (unpaired) electrons. The highest BCUT2D eigenvalue weighted by atomic mass is 35.5. The minimum Gasteiger partial charge on any atom is -0.493 e. The first-order valence-corrected chi connectivity index (χ1v) is 5.98. The van der Waals surface area contributed by atoms with Crippen LogP contribution in [0.3, 0.4) is 0 Å². The van der Waals surface area contributed by atoms with Gasteiger partial charge in [0.15, 0.2) is 0 Å². The third kappa shape index (κ3) is 3.34. The zero-order valence-electron chi connectivity index (χ0n) is 10.1. The van der Waals surface area contributed by atoms with Gasteiger partial charge in [-0.3, -0.25) is 0 Å². The van der Waals surface area contributed by atoms with Crippen LogP contribution in [0.4, 0.5) is 5.69 Å². The summed E-state index contributed by atoms with van der Waals surface area (Å²) in [6.07, 6.45) is 3.83. The van der Waals surface area contributed by atoms with E-state index in [1.807, 2.05) is 25.1 Å². The molecule has 0 atom stereocenters. The van der Waals surface area contributed by atoms with Gasteiger partial charge < -0.3 is 10.5 Å². The van der Waals surface area contributed by atoms with E-state index in [1.165, 1.54) is 0 Å². The number of aromatic nitrogens is 2. The van der Waals surface area contributed by atoms with E-state index in [-0.39, 0.29) is 0 Å². The molecule has 1 aromatic heterocycles. The monoisotopic (exact) mass is 263 g/mol. The summed E-state index contributed by atoms with van der Waals surface area (Å²) in [5.41, 5.74) is 7.09. The highest BCUT2D eigenvalue weighted by molar-refractivity contribution is 6.30. The van der Waals surface area contributed by atoms with E-state index in [4.69, 9.17) is 22.1 Å². The van der Waals surface area contributed by atoms with Crippen LogP contribution in [0.1, 0.15) is 11.4 Å². The molecule has 0 aliphatic heterocycles. The van der Waals surface area contributed by atoms with Crippen LogP contribution in [0.25, 0.3) is 0 Å². The minimum absolute atomic E-state index is 0.520. The molecular weight excluding hydrogens is 250 g/mol. The molecule has 1 aromatic carbocycles. The number of nitrogens with two attached hydrogens (primary N) is 1. The maximum Gasteiger partial charge on any atom is 0.131 e. The third-order valence-corrected chi connectivity index (χ3v) is 2.68. The van der Waals surface area contributed by atoms with Crippen LogP contribution in [-0.4, -0.2) is 16.6 Å². The summed E-state index contributed by atoms with van der Waals surface area (Å²) >= 11 is 5.87. The number of hydrogen-bond donors (Lipinski definition) is 1. The largest absolute Gasteiger partial charge is 0.493 e. The maximum atomic E-state index is 5.87. The third-order valence-electron chi connectivity index (χ3n) is 2.45. The molecule has 0 spiro atoms. The van der Waals surface area contributed by atoms with Gasteiger partial charge in [-0.1, -0.05) is 11.6 Å². The molecule has 2 rings (SSSR count). The summed E-state index contributed by atoms with van der Waals surface area (Å²) in [5, 5.41) is 0.710. The van der Waals surface area contributed by atoms with Crippen LogP contribution in [-0.2, 0) is 6.42 Å². The SMILES string of the molecule is Cc1cc(Cl)ccc1OCCc1ncc(N)cn1. The van der Waals surface area contributed by atoms with Crippen LogP contribution >= 0.6 is 11.6 Å². The van der Waals surface area contributed by atoms with Crippen molar-refractivity contribution in [3.8, 4) is 5.75 Å². The van der Waals surface area contributed by atoms with E-state index in [0.29, 0.717) is 23.7 Å². The minimum atomic E-state index is 0.520. The first-order chi connectivity index (χ1) is 8.65. The molecule has 2 N–H and O–H groups in total. The number of nitrogen functional groups attached to an aromatic ring is 1. The Bertz CT molecular complexity index is 528. The second kappa shape index (κ2) is 5.69. The molecule has 0 aliphatic carbocycles. The summed E-state index contributed by atoms with van der Waals surface area (Å²) in [7, 11) is 0. The van der Waals surface area contributed by atoms with Gasteiger partial charge in [-0.05, 0) is 30.7 Å². The van der Waals surface area contributed by atoms with Crippen LogP contribution in [0, 0.1) is 6.92 Å². The lowest BCUT2D eigenvalue weighted by Gasteiger charge is -2.08. The van der Waals surface area contributed by atoms with E-state index in [9.17, 15) is 0 Å². The first-order valence-electron chi connectivity index (χ1n) is 5.60. The molecule has 2 aromatic rings. The van der Waals surface area contributed by atoms with Gasteiger partial charge in [0.05, 0.1) is 24.7 Å². The van der Waals surface area contributed by atoms with Crippen LogP contribution in [0.5, 0.6) is 5.75 Å². The van der Waals surface area contributed by atoms with E-state index in [2.05, 4.69) is 9.97 Å². The number of aryl methyl sites for hydroxylation is 1. The summed E-state index contributed by atoms with van der Waals surface area (Å²) in [6.45, 7) is 2.48. The van der Waals surface area contributed by atoms with Gasteiger partial charge in [0.1, 0.15) is 11.6 Å². The second-order valence-electron chi connectivity index (χ2n) is 3.94. The fraction of sp³-hybridized carbons (Fsp3) is 0.231. The molecule has 4 nitrogen and oxygen atoms in total. The highest BCUT2D eigenvalue weighted by Gasteiger charge is 2.01. The molecular formula is C13H14ClN3O. The summed E-state index contributed by atoms with van der Waals surface area (Å²) in [6, 6.07) is 5.54. The number of benzene rings is 1. The van der Waals surface area contributed by atoms with E-state index in [0.717, 1.165) is 17.1 Å². The molecule has 5 heteroatoms. The molecule has 0 fully saturated rings. The number of rotatable bonds is 4. The van der Waals surface area contributed by atoms with Gasteiger partial charge in [0, 0.05) is 11.4 Å². The quantitative estimate of drug-likeness (QED) is 0.921. The van der Waals surface area contributed by atoms with Crippen molar-refractivity contribution in [3.63, 3.8) is 0 Å². The molecule has 18 heavy (non-hydrogen) atoms. The molecule has 0 aliphatic rings. The van der Waals surface area contributed by atoms with Crippen LogP contribution < -0.4 is 10.5 Å². The number of hydrogen-bond acceptors (Lipinski definition) is 4. The van der Waals surface area contributed by atoms with E-state index >= 15 is 0 Å². The Hall–Kier alpha value is -1.81. The van der Waals surface area contributed by atoms with Crippen molar-refractivity contribution in [2.24, 2.45) is 0 Å². The molecule has 0 amide bonds. The van der Waals surface area contributed by atoms with Crippen molar-refractivity contribution in [2.45, 2.75) is 13.3 Å². The Morgan fingerprint density at radius 1 is 1.28 bits per heavy atom. The zero-order chi connectivity index (χ0) is 13.0. The lowest BCUT2D eigenvalue weighted by atomic mass is 10.2. The number of anilines is 1. The smallest absolute Gasteiger partial charge is 0.131 e. The standard InChI is InChI=1S/C13H14ClN3O/c1-9-6-10(14)2-3-12(9)18-5-4-13-16-7-11(15)8-17-13/h2-3,6-8H,4-5,15H2,1H3. The predicted octanol–water partition coefficient (Wildman–Crippen LogP) is 2.64. The van der Waals surface area contributed by atoms with Crippen LogP contribution in [0.2, 0.25) is 5.02 Å². The normalized spacial score (nSPS) is 10.3. The Morgan fingerprint density at radius 2 is 2.00 bits per heavy atom. The number of nitrogens with zero attached hydrogens (tertiary/aromatic N) is 2. The number of halogens is 1.